The second kappa shape index (κ2) is 7.47. The molecule has 2 heterocycles. The van der Waals surface area contributed by atoms with Gasteiger partial charge in [0, 0.05) is 11.4 Å². The van der Waals surface area contributed by atoms with Crippen molar-refractivity contribution in [1.29, 1.82) is 0 Å². The van der Waals surface area contributed by atoms with E-state index in [1.54, 1.807) is 25.1 Å². The molecule has 146 valence electrons. The zero-order valence-corrected chi connectivity index (χ0v) is 16.5. The first-order valence-corrected chi connectivity index (χ1v) is 9.38. The van der Waals surface area contributed by atoms with Crippen LogP contribution < -0.4 is 5.32 Å². The van der Waals surface area contributed by atoms with Gasteiger partial charge in [-0.1, -0.05) is 36.4 Å². The van der Waals surface area contributed by atoms with E-state index in [9.17, 15) is 9.18 Å². The van der Waals surface area contributed by atoms with Gasteiger partial charge in [0.2, 0.25) is 0 Å². The van der Waals surface area contributed by atoms with Crippen LogP contribution in [0.5, 0.6) is 0 Å². The van der Waals surface area contributed by atoms with Crippen LogP contribution in [-0.4, -0.2) is 20.7 Å². The highest BCUT2D eigenvalue weighted by atomic mass is 19.1. The average molecular weight is 388 g/mol. The predicted octanol–water partition coefficient (Wildman–Crippen LogP) is 4.80. The summed E-state index contributed by atoms with van der Waals surface area (Å²) in [7, 11) is 0. The quantitative estimate of drug-likeness (QED) is 0.546. The van der Waals surface area contributed by atoms with Gasteiger partial charge in [0.25, 0.3) is 5.91 Å². The summed E-state index contributed by atoms with van der Waals surface area (Å²) in [5.74, 6) is -0.670. The molecule has 5 nitrogen and oxygen atoms in total. The normalized spacial score (nSPS) is 11.0. The van der Waals surface area contributed by atoms with E-state index in [0.717, 1.165) is 11.3 Å². The van der Waals surface area contributed by atoms with Crippen LogP contribution in [0, 0.1) is 26.6 Å². The Labute approximate surface area is 168 Å². The van der Waals surface area contributed by atoms with E-state index in [1.807, 2.05) is 48.9 Å². The van der Waals surface area contributed by atoms with Gasteiger partial charge in [0.1, 0.15) is 5.82 Å². The number of amides is 1. The van der Waals surface area contributed by atoms with Crippen molar-refractivity contribution in [3.8, 4) is 0 Å². The summed E-state index contributed by atoms with van der Waals surface area (Å²) in [6, 6.07) is 16.4. The maximum absolute atomic E-state index is 13.8. The van der Waals surface area contributed by atoms with E-state index < -0.39 is 0 Å². The zero-order valence-electron chi connectivity index (χ0n) is 16.5. The van der Waals surface area contributed by atoms with Gasteiger partial charge in [0.05, 0.1) is 23.2 Å². The number of aryl methyl sites for hydroxylation is 3. The van der Waals surface area contributed by atoms with E-state index in [2.05, 4.69) is 15.4 Å². The first-order valence-electron chi connectivity index (χ1n) is 9.38. The molecule has 2 aromatic heterocycles. The third-order valence-corrected chi connectivity index (χ3v) is 4.85. The lowest BCUT2D eigenvalue weighted by molar-refractivity contribution is 0.102. The molecule has 0 atom stereocenters. The van der Waals surface area contributed by atoms with Gasteiger partial charge >= 0.3 is 0 Å². The number of hydrogen-bond donors (Lipinski definition) is 1. The fraction of sp³-hybridized carbons (Fsp3) is 0.174. The molecular weight excluding hydrogens is 367 g/mol. The number of rotatable bonds is 4. The fourth-order valence-corrected chi connectivity index (χ4v) is 3.39. The Kier molecular flexibility index (Phi) is 4.84. The summed E-state index contributed by atoms with van der Waals surface area (Å²) in [5.41, 5.74) is 4.62. The molecule has 0 saturated carbocycles. The summed E-state index contributed by atoms with van der Waals surface area (Å²) in [6.07, 6.45) is 0. The lowest BCUT2D eigenvalue weighted by atomic mass is 10.1. The van der Waals surface area contributed by atoms with Crippen LogP contribution in [0.4, 0.5) is 10.1 Å². The van der Waals surface area contributed by atoms with Crippen LogP contribution in [0.2, 0.25) is 0 Å². The highest BCUT2D eigenvalue weighted by Crippen LogP contribution is 2.24. The number of nitrogens with zero attached hydrogens (tertiary/aromatic N) is 3. The molecule has 29 heavy (non-hydrogen) atoms. The maximum atomic E-state index is 13.8. The number of carbonyl (C=O) groups excluding carboxylic acids is 1. The molecule has 2 aromatic carbocycles. The standard InChI is InChI=1S/C23H21FN4O/c1-14-9-10-18(12-20(14)24)26-23(29)19-11-15(2)25-22-21(19)16(3)27-28(22)13-17-7-5-4-6-8-17/h4-12H,13H2,1-3H3,(H,26,29). The van der Waals surface area contributed by atoms with Crippen molar-refractivity contribution < 1.29 is 9.18 Å². The monoisotopic (exact) mass is 388 g/mol. The lowest BCUT2D eigenvalue weighted by Gasteiger charge is -2.09. The smallest absolute Gasteiger partial charge is 0.256 e. The van der Waals surface area contributed by atoms with E-state index in [4.69, 9.17) is 0 Å². The van der Waals surface area contributed by atoms with Crippen LogP contribution in [0.3, 0.4) is 0 Å². The Hall–Kier alpha value is -3.54. The molecule has 0 spiro atoms. The van der Waals surface area contributed by atoms with Crippen LogP contribution in [-0.2, 0) is 6.54 Å². The molecule has 6 heteroatoms. The summed E-state index contributed by atoms with van der Waals surface area (Å²) < 4.78 is 15.7. The molecule has 0 saturated heterocycles. The molecule has 0 radical (unpaired) electrons. The third-order valence-electron chi connectivity index (χ3n) is 4.85. The van der Waals surface area contributed by atoms with Gasteiger partial charge in [-0.3, -0.25) is 4.79 Å². The second-order valence-electron chi connectivity index (χ2n) is 7.16. The fourth-order valence-electron chi connectivity index (χ4n) is 3.39. The molecule has 0 fully saturated rings. The van der Waals surface area contributed by atoms with Crippen molar-refractivity contribution in [2.24, 2.45) is 0 Å². The minimum absolute atomic E-state index is 0.314. The Balaban J connectivity index is 1.74. The lowest BCUT2D eigenvalue weighted by Crippen LogP contribution is -2.14. The van der Waals surface area contributed by atoms with Crippen molar-refractivity contribution in [2.45, 2.75) is 27.3 Å². The molecule has 0 aliphatic carbocycles. The van der Waals surface area contributed by atoms with Gasteiger partial charge < -0.3 is 5.32 Å². The Morgan fingerprint density at radius 2 is 1.83 bits per heavy atom. The molecule has 4 rings (SSSR count). The number of aromatic nitrogens is 3. The number of benzene rings is 2. The van der Waals surface area contributed by atoms with Gasteiger partial charge in [-0.05, 0) is 50.1 Å². The van der Waals surface area contributed by atoms with Gasteiger partial charge in [0.15, 0.2) is 5.65 Å². The molecule has 4 aromatic rings. The molecule has 0 aliphatic rings. The Bertz CT molecular complexity index is 1210. The van der Waals surface area contributed by atoms with Crippen molar-refractivity contribution in [1.82, 2.24) is 14.8 Å². The second-order valence-corrected chi connectivity index (χ2v) is 7.16. The molecule has 0 aliphatic heterocycles. The van der Waals surface area contributed by atoms with Gasteiger partial charge in [-0.2, -0.15) is 5.10 Å². The highest BCUT2D eigenvalue weighted by Gasteiger charge is 2.19. The average Bonchev–Trinajstić information content (AvgIpc) is 3.00. The summed E-state index contributed by atoms with van der Waals surface area (Å²) in [6.45, 7) is 5.95. The summed E-state index contributed by atoms with van der Waals surface area (Å²) >= 11 is 0. The van der Waals surface area contributed by atoms with E-state index in [-0.39, 0.29) is 11.7 Å². The number of carbonyl (C=O) groups is 1. The number of anilines is 1. The SMILES string of the molecule is Cc1cc(C(=O)Nc2ccc(C)c(F)c2)c2c(C)nn(Cc3ccccc3)c2n1. The van der Waals surface area contributed by atoms with Crippen LogP contribution >= 0.6 is 0 Å². The summed E-state index contributed by atoms with van der Waals surface area (Å²) in [4.78, 5) is 17.6. The van der Waals surface area contributed by atoms with E-state index in [0.29, 0.717) is 40.1 Å². The molecule has 0 bridgehead atoms. The van der Waals surface area contributed by atoms with E-state index >= 15 is 0 Å². The molecular formula is C23H21FN4O. The number of hydrogen-bond acceptors (Lipinski definition) is 3. The summed E-state index contributed by atoms with van der Waals surface area (Å²) in [5, 5.41) is 8.11. The first kappa shape index (κ1) is 18.8. The van der Waals surface area contributed by atoms with Crippen molar-refractivity contribution in [2.75, 3.05) is 5.32 Å². The topological polar surface area (TPSA) is 59.8 Å². The maximum Gasteiger partial charge on any atom is 0.256 e. The van der Waals surface area contributed by atoms with E-state index in [1.165, 1.54) is 6.07 Å². The van der Waals surface area contributed by atoms with Crippen molar-refractivity contribution >= 4 is 22.6 Å². The Morgan fingerprint density at radius 1 is 1.07 bits per heavy atom. The largest absolute Gasteiger partial charge is 0.322 e. The van der Waals surface area contributed by atoms with Crippen molar-refractivity contribution in [3.05, 3.63) is 88.5 Å². The third kappa shape index (κ3) is 3.74. The van der Waals surface area contributed by atoms with Gasteiger partial charge in [-0.25, -0.2) is 14.1 Å². The molecule has 0 unspecified atom stereocenters. The molecule has 1 amide bonds. The van der Waals surface area contributed by atoms with Crippen LogP contribution in [0.15, 0.2) is 54.6 Å². The first-order chi connectivity index (χ1) is 13.9. The zero-order chi connectivity index (χ0) is 20.5. The minimum Gasteiger partial charge on any atom is -0.322 e. The number of halogens is 1. The minimum atomic E-state index is -0.356. The number of fused-ring (bicyclic) bond motifs is 1. The van der Waals surface area contributed by atoms with Crippen LogP contribution in [0.1, 0.15) is 32.9 Å². The van der Waals surface area contributed by atoms with Crippen molar-refractivity contribution in [3.63, 3.8) is 0 Å². The number of nitrogens with one attached hydrogen (secondary N) is 1. The highest BCUT2D eigenvalue weighted by molar-refractivity contribution is 6.12. The Morgan fingerprint density at radius 3 is 2.55 bits per heavy atom. The predicted molar refractivity (Wildman–Crippen MR) is 112 cm³/mol. The number of pyridine rings is 1. The molecule has 1 N–H and O–H groups in total. The van der Waals surface area contributed by atoms with Crippen LogP contribution in [0.25, 0.3) is 11.0 Å². The van der Waals surface area contributed by atoms with Gasteiger partial charge in [-0.15, -0.1) is 0 Å².